The molecule has 2 fully saturated rings. The molecular weight excluding hydrogens is 502 g/mol. The third-order valence-electron chi connectivity index (χ3n) is 6.53. The van der Waals surface area contributed by atoms with E-state index in [2.05, 4.69) is 0 Å². The van der Waals surface area contributed by atoms with Gasteiger partial charge in [-0.25, -0.2) is 13.4 Å². The molecule has 0 aliphatic carbocycles. The van der Waals surface area contributed by atoms with Gasteiger partial charge in [0.05, 0.1) is 27.8 Å². The maximum absolute atomic E-state index is 13.7. The van der Waals surface area contributed by atoms with Crippen LogP contribution in [0.3, 0.4) is 0 Å². The Balaban J connectivity index is 1.44. The topological polar surface area (TPSA) is 79.8 Å². The number of aromatic nitrogens is 1. The summed E-state index contributed by atoms with van der Waals surface area (Å²) in [5.74, 6) is -0.202. The van der Waals surface area contributed by atoms with Crippen molar-refractivity contribution < 1.29 is 17.9 Å². The predicted octanol–water partition coefficient (Wildman–Crippen LogP) is 5.02. The van der Waals surface area contributed by atoms with Gasteiger partial charge in [0.25, 0.3) is 5.91 Å². The minimum absolute atomic E-state index is 0.0373. The van der Waals surface area contributed by atoms with Crippen LogP contribution >= 0.6 is 23.1 Å². The number of sulfonamides is 1. The van der Waals surface area contributed by atoms with Crippen molar-refractivity contribution >= 4 is 54.4 Å². The number of thioether (sulfide) groups is 1. The molecule has 2 aliphatic heterocycles. The monoisotopic (exact) mass is 531 g/mol. The number of hydrogen-bond acceptors (Lipinski definition) is 7. The van der Waals surface area contributed by atoms with Crippen molar-refractivity contribution in [1.29, 1.82) is 0 Å². The van der Waals surface area contributed by atoms with Gasteiger partial charge in [0.2, 0.25) is 10.0 Å². The van der Waals surface area contributed by atoms with Gasteiger partial charge < -0.3 is 4.74 Å². The lowest BCUT2D eigenvalue weighted by atomic mass is 10.2. The first-order valence-electron chi connectivity index (χ1n) is 11.9. The first kappa shape index (κ1) is 24.7. The van der Waals surface area contributed by atoms with Crippen LogP contribution in [0.25, 0.3) is 10.2 Å². The lowest BCUT2D eigenvalue weighted by Crippen LogP contribution is -2.37. The second-order valence-electron chi connectivity index (χ2n) is 8.84. The average molecular weight is 532 g/mol. The van der Waals surface area contributed by atoms with Crippen LogP contribution in [0.5, 0.6) is 0 Å². The predicted molar refractivity (Wildman–Crippen MR) is 141 cm³/mol. The maximum Gasteiger partial charge on any atom is 0.260 e. The van der Waals surface area contributed by atoms with Gasteiger partial charge in [0.1, 0.15) is 0 Å². The molecule has 0 spiro atoms. The second-order valence-corrected chi connectivity index (χ2v) is 12.6. The Labute approximate surface area is 214 Å². The van der Waals surface area contributed by atoms with Crippen molar-refractivity contribution in [3.05, 3.63) is 48.0 Å². The highest BCUT2D eigenvalue weighted by Crippen LogP contribution is 2.35. The number of rotatable bonds is 7. The van der Waals surface area contributed by atoms with Gasteiger partial charge in [-0.15, -0.1) is 11.8 Å². The Morgan fingerprint density at radius 3 is 2.60 bits per heavy atom. The first-order chi connectivity index (χ1) is 17.0. The van der Waals surface area contributed by atoms with Crippen LogP contribution in [0.15, 0.2) is 52.3 Å². The molecule has 5 rings (SSSR count). The number of benzene rings is 2. The van der Waals surface area contributed by atoms with E-state index < -0.39 is 10.0 Å². The zero-order valence-electron chi connectivity index (χ0n) is 19.7. The zero-order chi connectivity index (χ0) is 24.4. The van der Waals surface area contributed by atoms with Crippen molar-refractivity contribution in [2.24, 2.45) is 0 Å². The van der Waals surface area contributed by atoms with E-state index in [1.54, 1.807) is 45.2 Å². The van der Waals surface area contributed by atoms with Gasteiger partial charge in [-0.1, -0.05) is 23.8 Å². The van der Waals surface area contributed by atoms with E-state index in [0.717, 1.165) is 47.2 Å². The molecule has 1 aromatic heterocycles. The Kier molecular flexibility index (Phi) is 7.45. The molecule has 3 heterocycles. The Bertz CT molecular complexity index is 1300. The van der Waals surface area contributed by atoms with Crippen LogP contribution in [0, 0.1) is 0 Å². The molecule has 186 valence electrons. The molecule has 2 aromatic carbocycles. The normalized spacial score (nSPS) is 19.3. The number of fused-ring (bicyclic) bond motifs is 1. The molecule has 1 atom stereocenters. The molecule has 1 unspecified atom stereocenters. The van der Waals surface area contributed by atoms with Crippen LogP contribution in [-0.4, -0.2) is 62.2 Å². The summed E-state index contributed by atoms with van der Waals surface area (Å²) >= 11 is 3.12. The SMILES string of the molecule is CSc1cccc2sc(N(CC3CCCO3)C(=O)c3ccc(S(=O)(=O)N4CCCCC4)cc3)nc12. The van der Waals surface area contributed by atoms with Gasteiger partial charge in [-0.2, -0.15) is 4.31 Å². The molecule has 2 aliphatic rings. The summed E-state index contributed by atoms with van der Waals surface area (Å²) in [6.07, 6.45) is 6.68. The number of carbonyl (C=O) groups is 1. The number of amides is 1. The Morgan fingerprint density at radius 1 is 1.14 bits per heavy atom. The van der Waals surface area contributed by atoms with E-state index in [9.17, 15) is 13.2 Å². The molecule has 0 N–H and O–H groups in total. The molecule has 10 heteroatoms. The standard InChI is InChI=1S/C25H29N3O4S3/c1-33-21-8-5-9-22-23(21)26-25(34-22)28(17-19-7-6-16-32-19)24(29)18-10-12-20(13-11-18)35(30,31)27-14-3-2-4-15-27/h5,8-13,19H,2-4,6-7,14-17H2,1H3. The zero-order valence-corrected chi connectivity index (χ0v) is 22.1. The lowest BCUT2D eigenvalue weighted by Gasteiger charge is -2.26. The van der Waals surface area contributed by atoms with E-state index in [0.29, 0.717) is 36.9 Å². The third kappa shape index (κ3) is 5.13. The third-order valence-corrected chi connectivity index (χ3v) is 10.3. The van der Waals surface area contributed by atoms with E-state index in [4.69, 9.17) is 9.72 Å². The fraction of sp³-hybridized carbons (Fsp3) is 0.440. The summed E-state index contributed by atoms with van der Waals surface area (Å²) < 4.78 is 34.4. The van der Waals surface area contributed by atoms with Crippen molar-refractivity contribution in [2.75, 3.05) is 37.4 Å². The Hall–Kier alpha value is -1.98. The summed E-state index contributed by atoms with van der Waals surface area (Å²) in [5.41, 5.74) is 1.33. The highest BCUT2D eigenvalue weighted by Gasteiger charge is 2.29. The van der Waals surface area contributed by atoms with Crippen LogP contribution in [0.4, 0.5) is 5.13 Å². The van der Waals surface area contributed by atoms with Crippen LogP contribution < -0.4 is 4.90 Å². The number of anilines is 1. The van der Waals surface area contributed by atoms with Crippen LogP contribution in [0.2, 0.25) is 0 Å². The number of thiazole rings is 1. The first-order valence-corrected chi connectivity index (χ1v) is 15.4. The highest BCUT2D eigenvalue weighted by atomic mass is 32.2. The van der Waals surface area contributed by atoms with Crippen LogP contribution in [0.1, 0.15) is 42.5 Å². The van der Waals surface area contributed by atoms with Gasteiger partial charge in [0.15, 0.2) is 5.13 Å². The van der Waals surface area contributed by atoms with E-state index in [1.165, 1.54) is 11.3 Å². The summed E-state index contributed by atoms with van der Waals surface area (Å²) in [6.45, 7) is 2.22. The van der Waals surface area contributed by atoms with E-state index in [-0.39, 0.29) is 16.9 Å². The summed E-state index contributed by atoms with van der Waals surface area (Å²) in [4.78, 5) is 21.5. The number of para-hydroxylation sites is 1. The van der Waals surface area contributed by atoms with Crippen molar-refractivity contribution in [2.45, 2.75) is 48.0 Å². The van der Waals surface area contributed by atoms with Crippen molar-refractivity contribution in [1.82, 2.24) is 9.29 Å². The molecular formula is C25H29N3O4S3. The minimum Gasteiger partial charge on any atom is -0.376 e. The number of carbonyl (C=O) groups excluding carboxylic acids is 1. The smallest absolute Gasteiger partial charge is 0.260 e. The minimum atomic E-state index is -3.54. The van der Waals surface area contributed by atoms with E-state index >= 15 is 0 Å². The molecule has 1 amide bonds. The quantitative estimate of drug-likeness (QED) is 0.399. The summed E-state index contributed by atoms with van der Waals surface area (Å²) in [5, 5.41) is 0.631. The molecule has 7 nitrogen and oxygen atoms in total. The number of hydrogen-bond donors (Lipinski definition) is 0. The fourth-order valence-corrected chi connectivity index (χ4v) is 7.76. The molecule has 0 radical (unpaired) electrons. The van der Waals surface area contributed by atoms with Gasteiger partial charge >= 0.3 is 0 Å². The van der Waals surface area contributed by atoms with Gasteiger partial charge in [-0.3, -0.25) is 9.69 Å². The van der Waals surface area contributed by atoms with Gasteiger partial charge in [0, 0.05) is 30.2 Å². The van der Waals surface area contributed by atoms with Gasteiger partial charge in [-0.05, 0) is 68.3 Å². The van der Waals surface area contributed by atoms with Crippen molar-refractivity contribution in [3.8, 4) is 0 Å². The Morgan fingerprint density at radius 2 is 1.91 bits per heavy atom. The highest BCUT2D eigenvalue weighted by molar-refractivity contribution is 7.98. The second kappa shape index (κ2) is 10.6. The largest absolute Gasteiger partial charge is 0.376 e. The molecule has 0 saturated carbocycles. The number of nitrogens with zero attached hydrogens (tertiary/aromatic N) is 3. The summed E-state index contributed by atoms with van der Waals surface area (Å²) in [7, 11) is -3.54. The molecule has 0 bridgehead atoms. The fourth-order valence-electron chi connectivity index (χ4n) is 4.61. The summed E-state index contributed by atoms with van der Waals surface area (Å²) in [6, 6.07) is 12.4. The van der Waals surface area contributed by atoms with Crippen LogP contribution in [-0.2, 0) is 14.8 Å². The number of ether oxygens (including phenoxy) is 1. The molecule has 3 aromatic rings. The van der Waals surface area contributed by atoms with E-state index in [1.807, 2.05) is 24.5 Å². The lowest BCUT2D eigenvalue weighted by molar-refractivity contribution is 0.0917. The maximum atomic E-state index is 13.7. The number of piperidine rings is 1. The molecule has 2 saturated heterocycles. The average Bonchev–Trinajstić information content (AvgIpc) is 3.57. The van der Waals surface area contributed by atoms with Crippen molar-refractivity contribution in [3.63, 3.8) is 0 Å². The molecule has 35 heavy (non-hydrogen) atoms.